The smallest absolute Gasteiger partial charge is 0.226 e. The Morgan fingerprint density at radius 2 is 1.96 bits per heavy atom. The Morgan fingerprint density at radius 3 is 2.70 bits per heavy atom. The Bertz CT molecular complexity index is 909. The van der Waals surface area contributed by atoms with Crippen LogP contribution in [0.15, 0.2) is 53.9 Å². The van der Waals surface area contributed by atoms with E-state index in [9.17, 15) is 9.18 Å². The van der Waals surface area contributed by atoms with Gasteiger partial charge in [-0.15, -0.1) is 11.3 Å². The van der Waals surface area contributed by atoms with Crippen LogP contribution < -0.4 is 10.1 Å². The van der Waals surface area contributed by atoms with Crippen LogP contribution in [0.3, 0.4) is 0 Å². The van der Waals surface area contributed by atoms with Crippen LogP contribution in [0.2, 0.25) is 0 Å². The number of thiazole rings is 1. The molecule has 1 atom stereocenters. The highest BCUT2D eigenvalue weighted by Gasteiger charge is 2.14. The van der Waals surface area contributed by atoms with Crippen LogP contribution in [-0.4, -0.2) is 17.5 Å². The SMILES string of the molecule is CCOc1ccccc1-c1nc(CC(=O)N[C@H](C)c2ccc(F)cc2)cs1. The molecule has 3 aromatic rings. The molecule has 0 spiro atoms. The summed E-state index contributed by atoms with van der Waals surface area (Å²) in [5.41, 5.74) is 2.50. The quantitative estimate of drug-likeness (QED) is 0.638. The van der Waals surface area contributed by atoms with E-state index in [0.29, 0.717) is 12.3 Å². The van der Waals surface area contributed by atoms with Gasteiger partial charge in [0.05, 0.1) is 30.3 Å². The molecule has 0 aliphatic carbocycles. The minimum atomic E-state index is -0.292. The fraction of sp³-hybridized carbons (Fsp3) is 0.238. The number of carbonyl (C=O) groups is 1. The number of amides is 1. The Hall–Kier alpha value is -2.73. The van der Waals surface area contributed by atoms with Gasteiger partial charge in [0.2, 0.25) is 5.91 Å². The van der Waals surface area contributed by atoms with Crippen molar-refractivity contribution in [3.63, 3.8) is 0 Å². The van der Waals surface area contributed by atoms with Crippen molar-refractivity contribution in [1.29, 1.82) is 0 Å². The van der Waals surface area contributed by atoms with E-state index in [0.717, 1.165) is 21.9 Å². The van der Waals surface area contributed by atoms with Gasteiger partial charge >= 0.3 is 0 Å². The van der Waals surface area contributed by atoms with Crippen molar-refractivity contribution in [3.05, 3.63) is 71.0 Å². The summed E-state index contributed by atoms with van der Waals surface area (Å²) in [7, 11) is 0. The van der Waals surface area contributed by atoms with E-state index in [-0.39, 0.29) is 24.2 Å². The first-order valence-corrected chi connectivity index (χ1v) is 9.66. The highest BCUT2D eigenvalue weighted by Crippen LogP contribution is 2.32. The number of halogens is 1. The van der Waals surface area contributed by atoms with Gasteiger partial charge in [-0.05, 0) is 43.7 Å². The van der Waals surface area contributed by atoms with E-state index in [1.54, 1.807) is 12.1 Å². The summed E-state index contributed by atoms with van der Waals surface area (Å²) in [6.45, 7) is 4.39. The highest BCUT2D eigenvalue weighted by molar-refractivity contribution is 7.13. The maximum atomic E-state index is 13.0. The summed E-state index contributed by atoms with van der Waals surface area (Å²) in [6, 6.07) is 13.7. The topological polar surface area (TPSA) is 51.2 Å². The van der Waals surface area contributed by atoms with Gasteiger partial charge in [0.15, 0.2) is 0 Å². The second kappa shape index (κ2) is 8.77. The number of rotatable bonds is 7. The molecule has 0 saturated heterocycles. The molecular formula is C21H21FN2O2S. The van der Waals surface area contributed by atoms with Crippen molar-refractivity contribution in [2.45, 2.75) is 26.3 Å². The number of hydrogen-bond donors (Lipinski definition) is 1. The molecule has 3 rings (SSSR count). The lowest BCUT2D eigenvalue weighted by molar-refractivity contribution is -0.121. The number of nitrogens with one attached hydrogen (secondary N) is 1. The minimum absolute atomic E-state index is 0.123. The lowest BCUT2D eigenvalue weighted by Gasteiger charge is -2.13. The van der Waals surface area contributed by atoms with Crippen molar-refractivity contribution < 1.29 is 13.9 Å². The number of hydrogen-bond acceptors (Lipinski definition) is 4. The molecule has 2 aromatic carbocycles. The zero-order valence-corrected chi connectivity index (χ0v) is 16.1. The molecule has 1 N–H and O–H groups in total. The summed E-state index contributed by atoms with van der Waals surface area (Å²) < 4.78 is 18.7. The lowest BCUT2D eigenvalue weighted by atomic mass is 10.1. The van der Waals surface area contributed by atoms with E-state index < -0.39 is 0 Å². The third kappa shape index (κ3) is 4.92. The summed E-state index contributed by atoms with van der Waals surface area (Å²) >= 11 is 1.49. The predicted octanol–water partition coefficient (Wildman–Crippen LogP) is 4.77. The van der Waals surface area contributed by atoms with Crippen LogP contribution in [0.25, 0.3) is 10.6 Å². The minimum Gasteiger partial charge on any atom is -0.493 e. The predicted molar refractivity (Wildman–Crippen MR) is 105 cm³/mol. The fourth-order valence-corrected chi connectivity index (χ4v) is 3.58. The molecule has 6 heteroatoms. The lowest BCUT2D eigenvalue weighted by Crippen LogP contribution is -2.28. The van der Waals surface area contributed by atoms with Crippen LogP contribution in [0.5, 0.6) is 5.75 Å². The summed E-state index contributed by atoms with van der Waals surface area (Å²) in [5, 5.41) is 5.64. The van der Waals surface area contributed by atoms with E-state index in [4.69, 9.17) is 4.74 Å². The standard InChI is InChI=1S/C21H21FN2O2S/c1-3-26-19-7-5-4-6-18(19)21-24-17(13-27-21)12-20(25)23-14(2)15-8-10-16(22)11-9-15/h4-11,13-14H,3,12H2,1-2H3,(H,23,25)/t14-/m1/s1. The van der Waals surface area contributed by atoms with Crippen LogP contribution in [0, 0.1) is 5.82 Å². The second-order valence-corrected chi connectivity index (χ2v) is 6.95. The molecule has 0 aliphatic rings. The molecule has 27 heavy (non-hydrogen) atoms. The molecule has 0 saturated carbocycles. The number of ether oxygens (including phenoxy) is 1. The van der Waals surface area contributed by atoms with Gasteiger partial charge in [0.1, 0.15) is 16.6 Å². The number of aromatic nitrogens is 1. The first-order valence-electron chi connectivity index (χ1n) is 8.78. The van der Waals surface area contributed by atoms with Crippen LogP contribution in [-0.2, 0) is 11.2 Å². The number of benzene rings is 2. The summed E-state index contributed by atoms with van der Waals surface area (Å²) in [4.78, 5) is 16.9. The zero-order valence-electron chi connectivity index (χ0n) is 15.2. The van der Waals surface area contributed by atoms with Crippen LogP contribution in [0.4, 0.5) is 4.39 Å². The molecule has 0 bridgehead atoms. The Balaban J connectivity index is 1.65. The first kappa shape index (κ1) is 19.0. The molecular weight excluding hydrogens is 363 g/mol. The average molecular weight is 384 g/mol. The third-order valence-electron chi connectivity index (χ3n) is 4.06. The third-order valence-corrected chi connectivity index (χ3v) is 4.98. The Morgan fingerprint density at radius 1 is 1.22 bits per heavy atom. The van der Waals surface area contributed by atoms with Gasteiger partial charge in [-0.2, -0.15) is 0 Å². The van der Waals surface area contributed by atoms with E-state index in [2.05, 4.69) is 10.3 Å². The molecule has 0 radical (unpaired) electrons. The number of para-hydroxylation sites is 1. The maximum absolute atomic E-state index is 13.0. The second-order valence-electron chi connectivity index (χ2n) is 6.09. The van der Waals surface area contributed by atoms with Crippen LogP contribution in [0.1, 0.15) is 31.1 Å². The zero-order chi connectivity index (χ0) is 19.2. The molecule has 1 aromatic heterocycles. The van der Waals surface area contributed by atoms with Crippen molar-refractivity contribution in [2.75, 3.05) is 6.61 Å². The van der Waals surface area contributed by atoms with Gasteiger partial charge in [0, 0.05) is 5.38 Å². The Kier molecular flexibility index (Phi) is 6.19. The van der Waals surface area contributed by atoms with Crippen molar-refractivity contribution >= 4 is 17.2 Å². The van der Waals surface area contributed by atoms with Crippen LogP contribution >= 0.6 is 11.3 Å². The summed E-state index contributed by atoms with van der Waals surface area (Å²) in [6.07, 6.45) is 0.193. The molecule has 4 nitrogen and oxygen atoms in total. The van der Waals surface area contributed by atoms with E-state index >= 15 is 0 Å². The Labute approximate surface area is 162 Å². The maximum Gasteiger partial charge on any atom is 0.226 e. The number of nitrogens with zero attached hydrogens (tertiary/aromatic N) is 1. The largest absolute Gasteiger partial charge is 0.493 e. The van der Waals surface area contributed by atoms with Gasteiger partial charge < -0.3 is 10.1 Å². The summed E-state index contributed by atoms with van der Waals surface area (Å²) in [5.74, 6) is 0.372. The monoisotopic (exact) mass is 384 g/mol. The molecule has 0 fully saturated rings. The van der Waals surface area contributed by atoms with Gasteiger partial charge in [0.25, 0.3) is 0 Å². The van der Waals surface area contributed by atoms with E-state index in [1.165, 1.54) is 23.5 Å². The van der Waals surface area contributed by atoms with Gasteiger partial charge in [-0.25, -0.2) is 9.37 Å². The average Bonchev–Trinajstić information content (AvgIpc) is 3.11. The van der Waals surface area contributed by atoms with E-state index in [1.807, 2.05) is 43.5 Å². The molecule has 140 valence electrons. The normalized spacial score (nSPS) is 11.8. The molecule has 1 amide bonds. The van der Waals surface area contributed by atoms with Crippen molar-refractivity contribution in [2.24, 2.45) is 0 Å². The molecule has 0 unspecified atom stereocenters. The first-order chi connectivity index (χ1) is 13.1. The highest BCUT2D eigenvalue weighted by atomic mass is 32.1. The van der Waals surface area contributed by atoms with Gasteiger partial charge in [-0.1, -0.05) is 24.3 Å². The van der Waals surface area contributed by atoms with Crippen molar-refractivity contribution in [3.8, 4) is 16.3 Å². The fourth-order valence-electron chi connectivity index (χ4n) is 2.73. The molecule has 0 aliphatic heterocycles. The van der Waals surface area contributed by atoms with Gasteiger partial charge in [-0.3, -0.25) is 4.79 Å². The van der Waals surface area contributed by atoms with Crippen molar-refractivity contribution in [1.82, 2.24) is 10.3 Å². The molecule has 1 heterocycles. The number of carbonyl (C=O) groups excluding carboxylic acids is 1.